The largest absolute Gasteiger partial charge is 0.396 e. The van der Waals surface area contributed by atoms with Crippen LogP contribution in [-0.4, -0.2) is 37.3 Å². The minimum Gasteiger partial charge on any atom is -0.396 e. The van der Waals surface area contributed by atoms with Crippen molar-refractivity contribution < 1.29 is 5.11 Å². The minimum absolute atomic E-state index is 0.238. The fourth-order valence-corrected chi connectivity index (χ4v) is 4.22. The number of hydrogen-bond acceptors (Lipinski definition) is 4. The maximum absolute atomic E-state index is 9.29. The summed E-state index contributed by atoms with van der Waals surface area (Å²) in [5, 5.41) is 18.2. The van der Waals surface area contributed by atoms with E-state index in [2.05, 4.69) is 71.2 Å². The number of guanidine groups is 1. The molecule has 1 aliphatic heterocycles. The number of anilines is 1. The number of benzene rings is 1. The van der Waals surface area contributed by atoms with Crippen molar-refractivity contribution in [3.8, 4) is 0 Å². The van der Waals surface area contributed by atoms with Crippen LogP contribution in [0.15, 0.2) is 46.8 Å². The zero-order valence-electron chi connectivity index (χ0n) is 16.9. The Morgan fingerprint density at radius 3 is 2.61 bits per heavy atom. The highest BCUT2D eigenvalue weighted by Crippen LogP contribution is 2.23. The van der Waals surface area contributed by atoms with Gasteiger partial charge in [-0.3, -0.25) is 0 Å². The van der Waals surface area contributed by atoms with Gasteiger partial charge in [-0.05, 0) is 61.7 Å². The van der Waals surface area contributed by atoms with Gasteiger partial charge >= 0.3 is 0 Å². The molecule has 6 heteroatoms. The lowest BCUT2D eigenvalue weighted by Crippen LogP contribution is -2.38. The van der Waals surface area contributed by atoms with Gasteiger partial charge in [0.05, 0.1) is 12.6 Å². The van der Waals surface area contributed by atoms with E-state index in [1.54, 1.807) is 11.3 Å². The molecule has 3 N–H and O–H groups in total. The standard InChI is InChI=1S/C22H32N4OS/c1-3-23-22(25-17(2)21-5-4-14-28-21)24-15-18-6-8-20(9-7-18)26-12-10-19(16-27)11-13-26/h4-9,14,17,19,27H,3,10-13,15-16H2,1-2H3,(H2,23,24,25). The van der Waals surface area contributed by atoms with E-state index in [0.717, 1.165) is 38.4 Å². The van der Waals surface area contributed by atoms with Crippen LogP contribution in [0.1, 0.15) is 43.2 Å². The van der Waals surface area contributed by atoms with Crippen molar-refractivity contribution in [2.75, 3.05) is 31.1 Å². The lowest BCUT2D eigenvalue weighted by Gasteiger charge is -2.32. The molecule has 1 atom stereocenters. The van der Waals surface area contributed by atoms with Gasteiger partial charge in [0, 0.05) is 36.8 Å². The van der Waals surface area contributed by atoms with Gasteiger partial charge in [-0.15, -0.1) is 11.3 Å². The summed E-state index contributed by atoms with van der Waals surface area (Å²) >= 11 is 1.76. The molecule has 1 fully saturated rings. The number of nitrogens with one attached hydrogen (secondary N) is 2. The average molecular weight is 401 g/mol. The molecule has 1 saturated heterocycles. The molecular formula is C22H32N4OS. The lowest BCUT2D eigenvalue weighted by atomic mass is 9.97. The molecule has 1 aliphatic rings. The second-order valence-corrected chi connectivity index (χ2v) is 8.34. The Morgan fingerprint density at radius 2 is 2.00 bits per heavy atom. The number of piperidine rings is 1. The number of nitrogens with zero attached hydrogens (tertiary/aromatic N) is 2. The van der Waals surface area contributed by atoms with Crippen molar-refractivity contribution in [3.05, 3.63) is 52.2 Å². The Labute approximate surface area is 172 Å². The highest BCUT2D eigenvalue weighted by Gasteiger charge is 2.18. The second-order valence-electron chi connectivity index (χ2n) is 7.36. The van der Waals surface area contributed by atoms with Crippen LogP contribution in [-0.2, 0) is 6.54 Å². The van der Waals surface area contributed by atoms with Gasteiger partial charge in [-0.2, -0.15) is 0 Å². The third-order valence-electron chi connectivity index (χ3n) is 5.26. The van der Waals surface area contributed by atoms with E-state index >= 15 is 0 Å². The molecule has 0 spiro atoms. The van der Waals surface area contributed by atoms with Gasteiger partial charge in [0.25, 0.3) is 0 Å². The van der Waals surface area contributed by atoms with Crippen molar-refractivity contribution in [3.63, 3.8) is 0 Å². The van der Waals surface area contributed by atoms with Crippen molar-refractivity contribution >= 4 is 23.0 Å². The predicted molar refractivity (Wildman–Crippen MR) is 119 cm³/mol. The van der Waals surface area contributed by atoms with Gasteiger partial charge in [0.2, 0.25) is 0 Å². The summed E-state index contributed by atoms with van der Waals surface area (Å²) in [6.07, 6.45) is 2.14. The first-order valence-corrected chi connectivity index (χ1v) is 11.1. The van der Waals surface area contributed by atoms with Crippen LogP contribution in [0, 0.1) is 5.92 Å². The maximum Gasteiger partial charge on any atom is 0.192 e. The van der Waals surface area contributed by atoms with Crippen LogP contribution in [0.2, 0.25) is 0 Å². The number of aliphatic imine (C=N–C) groups is 1. The number of aliphatic hydroxyl groups is 1. The second kappa shape index (κ2) is 10.5. The topological polar surface area (TPSA) is 59.9 Å². The number of aliphatic hydroxyl groups excluding tert-OH is 1. The fourth-order valence-electron chi connectivity index (χ4n) is 3.49. The van der Waals surface area contributed by atoms with Crippen LogP contribution >= 0.6 is 11.3 Å². The SMILES string of the molecule is CCNC(=NCc1ccc(N2CCC(CO)CC2)cc1)NC(C)c1cccs1. The first-order chi connectivity index (χ1) is 13.7. The average Bonchev–Trinajstić information content (AvgIpc) is 3.28. The van der Waals surface area contributed by atoms with E-state index in [1.165, 1.54) is 16.1 Å². The van der Waals surface area contributed by atoms with Gasteiger partial charge in [0.15, 0.2) is 5.96 Å². The fraction of sp³-hybridized carbons (Fsp3) is 0.500. The van der Waals surface area contributed by atoms with Gasteiger partial charge in [0.1, 0.15) is 0 Å². The summed E-state index contributed by atoms with van der Waals surface area (Å²) < 4.78 is 0. The van der Waals surface area contributed by atoms with Crippen molar-refractivity contribution in [2.45, 2.75) is 39.3 Å². The Kier molecular flexibility index (Phi) is 7.74. The van der Waals surface area contributed by atoms with Crippen molar-refractivity contribution in [1.82, 2.24) is 10.6 Å². The van der Waals surface area contributed by atoms with E-state index < -0.39 is 0 Å². The first kappa shape index (κ1) is 20.7. The molecule has 0 aliphatic carbocycles. The Balaban J connectivity index is 1.57. The van der Waals surface area contributed by atoms with Crippen LogP contribution in [0.25, 0.3) is 0 Å². The summed E-state index contributed by atoms with van der Waals surface area (Å²) in [5.74, 6) is 1.32. The van der Waals surface area contributed by atoms with E-state index in [0.29, 0.717) is 19.1 Å². The third kappa shape index (κ3) is 5.72. The monoisotopic (exact) mass is 400 g/mol. The lowest BCUT2D eigenvalue weighted by molar-refractivity contribution is 0.203. The molecule has 3 rings (SSSR count). The molecule has 0 radical (unpaired) electrons. The van der Waals surface area contributed by atoms with E-state index in [-0.39, 0.29) is 6.04 Å². The zero-order chi connectivity index (χ0) is 19.8. The highest BCUT2D eigenvalue weighted by molar-refractivity contribution is 7.10. The van der Waals surface area contributed by atoms with Crippen LogP contribution in [0.3, 0.4) is 0 Å². The quantitative estimate of drug-likeness (QED) is 0.489. The molecule has 0 saturated carbocycles. The predicted octanol–water partition coefficient (Wildman–Crippen LogP) is 3.77. The van der Waals surface area contributed by atoms with Gasteiger partial charge in [-0.25, -0.2) is 4.99 Å². The van der Waals surface area contributed by atoms with Crippen molar-refractivity contribution in [1.29, 1.82) is 0 Å². The van der Waals surface area contributed by atoms with E-state index in [9.17, 15) is 5.11 Å². The summed E-state index contributed by atoms with van der Waals surface area (Å²) in [7, 11) is 0. The molecule has 1 aromatic heterocycles. The van der Waals surface area contributed by atoms with Gasteiger partial charge in [-0.1, -0.05) is 18.2 Å². The van der Waals surface area contributed by atoms with Crippen LogP contribution in [0.4, 0.5) is 5.69 Å². The minimum atomic E-state index is 0.238. The summed E-state index contributed by atoms with van der Waals surface area (Å²) in [6, 6.07) is 13.2. The smallest absolute Gasteiger partial charge is 0.192 e. The number of hydrogen-bond donors (Lipinski definition) is 3. The van der Waals surface area contributed by atoms with Crippen molar-refractivity contribution in [2.24, 2.45) is 10.9 Å². The number of rotatable bonds is 7. The zero-order valence-corrected chi connectivity index (χ0v) is 17.7. The molecule has 5 nitrogen and oxygen atoms in total. The van der Waals surface area contributed by atoms with Gasteiger partial charge < -0.3 is 20.6 Å². The first-order valence-electron chi connectivity index (χ1n) is 10.2. The van der Waals surface area contributed by atoms with E-state index in [4.69, 9.17) is 4.99 Å². The molecule has 1 aromatic carbocycles. The molecule has 152 valence electrons. The normalized spacial score (nSPS) is 16.8. The molecule has 1 unspecified atom stereocenters. The molecule has 0 amide bonds. The number of thiophene rings is 1. The summed E-state index contributed by atoms with van der Waals surface area (Å²) in [6.45, 7) is 8.11. The Bertz CT molecular complexity index is 722. The molecule has 28 heavy (non-hydrogen) atoms. The molecule has 2 aromatic rings. The molecule has 0 bridgehead atoms. The van der Waals surface area contributed by atoms with E-state index in [1.807, 2.05) is 0 Å². The van der Waals surface area contributed by atoms with Crippen LogP contribution in [0.5, 0.6) is 0 Å². The molecular weight excluding hydrogens is 368 g/mol. The Hall–Kier alpha value is -2.05. The highest BCUT2D eigenvalue weighted by atomic mass is 32.1. The van der Waals surface area contributed by atoms with Crippen LogP contribution < -0.4 is 15.5 Å². The molecule has 2 heterocycles. The Morgan fingerprint density at radius 1 is 1.25 bits per heavy atom. The summed E-state index contributed by atoms with van der Waals surface area (Å²) in [5.41, 5.74) is 2.47. The third-order valence-corrected chi connectivity index (χ3v) is 6.32. The maximum atomic E-state index is 9.29. The summed E-state index contributed by atoms with van der Waals surface area (Å²) in [4.78, 5) is 8.47.